The van der Waals surface area contributed by atoms with Crippen molar-refractivity contribution in [2.75, 3.05) is 10.6 Å². The van der Waals surface area contributed by atoms with Crippen molar-refractivity contribution in [1.29, 1.82) is 0 Å². The van der Waals surface area contributed by atoms with Crippen LogP contribution in [-0.4, -0.2) is 12.2 Å². The molecule has 2 rings (SSSR count). The highest BCUT2D eigenvalue weighted by Gasteiger charge is 2.35. The number of hydrogen-bond acceptors (Lipinski definition) is 5. The Hall–Kier alpha value is -1.29. The summed E-state index contributed by atoms with van der Waals surface area (Å²) in [6.45, 7) is 7.34. The van der Waals surface area contributed by atoms with Crippen molar-refractivity contribution < 1.29 is 13.6 Å². The van der Waals surface area contributed by atoms with Gasteiger partial charge in [-0.15, -0.1) is 0 Å². The minimum Gasteiger partial charge on any atom is -0.358 e. The van der Waals surface area contributed by atoms with Crippen LogP contribution in [-0.2, 0) is 13.6 Å². The highest BCUT2D eigenvalue weighted by molar-refractivity contribution is 7.58. The Bertz CT molecular complexity index is 541. The molecule has 0 saturated carbocycles. The molecule has 0 fully saturated rings. The molecule has 110 valence electrons. The van der Waals surface area contributed by atoms with Crippen molar-refractivity contribution in [3.63, 3.8) is 0 Å². The number of para-hydroxylation sites is 2. The Balaban J connectivity index is 2.27. The van der Waals surface area contributed by atoms with Gasteiger partial charge in [-0.3, -0.25) is 4.57 Å². The van der Waals surface area contributed by atoms with Gasteiger partial charge in [0.2, 0.25) is 0 Å². The predicted molar refractivity (Wildman–Crippen MR) is 81.8 cm³/mol. The topological polar surface area (TPSA) is 59.6 Å². The Morgan fingerprint density at radius 1 is 1.00 bits per heavy atom. The van der Waals surface area contributed by atoms with Crippen molar-refractivity contribution in [2.45, 2.75) is 39.9 Å². The Kier molecular flexibility index (Phi) is 4.53. The third-order valence-corrected chi connectivity index (χ3v) is 4.78. The second-order valence-electron chi connectivity index (χ2n) is 5.15. The summed E-state index contributed by atoms with van der Waals surface area (Å²) in [4.78, 5) is 0. The van der Waals surface area contributed by atoms with Crippen LogP contribution in [0.4, 0.5) is 11.4 Å². The van der Waals surface area contributed by atoms with Crippen LogP contribution in [0.3, 0.4) is 0 Å². The van der Waals surface area contributed by atoms with Crippen LogP contribution >= 0.6 is 7.60 Å². The largest absolute Gasteiger partial charge is 0.379 e. The van der Waals surface area contributed by atoms with Crippen LogP contribution in [0.25, 0.3) is 0 Å². The van der Waals surface area contributed by atoms with Crippen molar-refractivity contribution >= 4 is 19.0 Å². The molecule has 5 nitrogen and oxygen atoms in total. The molecular weight excluding hydrogens is 275 g/mol. The minimum atomic E-state index is -3.38. The summed E-state index contributed by atoms with van der Waals surface area (Å²) >= 11 is 0. The monoisotopic (exact) mass is 296 g/mol. The van der Waals surface area contributed by atoms with E-state index >= 15 is 0 Å². The molecule has 0 amide bonds. The summed E-state index contributed by atoms with van der Waals surface area (Å²) in [5.74, 6) is 0. The van der Waals surface area contributed by atoms with Crippen molar-refractivity contribution in [1.82, 2.24) is 0 Å². The van der Waals surface area contributed by atoms with E-state index in [0.29, 0.717) is 5.44 Å². The third kappa shape index (κ3) is 3.42. The molecule has 0 aliphatic carbocycles. The van der Waals surface area contributed by atoms with Crippen LogP contribution in [0, 0.1) is 0 Å². The van der Waals surface area contributed by atoms with Crippen LogP contribution in [0.2, 0.25) is 0 Å². The lowest BCUT2D eigenvalue weighted by Crippen LogP contribution is -2.16. The Morgan fingerprint density at radius 2 is 1.55 bits per heavy atom. The SMILES string of the molecule is CC(C)OP(=O)(OC(C)C)C1=CNc2ccccc2N1. The van der Waals surface area contributed by atoms with Gasteiger partial charge in [-0.1, -0.05) is 12.1 Å². The molecule has 1 aromatic carbocycles. The summed E-state index contributed by atoms with van der Waals surface area (Å²) in [7, 11) is -3.38. The van der Waals surface area contributed by atoms with Crippen LogP contribution < -0.4 is 10.6 Å². The van der Waals surface area contributed by atoms with Crippen LogP contribution in [0.15, 0.2) is 35.9 Å². The van der Waals surface area contributed by atoms with Crippen LogP contribution in [0.5, 0.6) is 0 Å². The first kappa shape index (κ1) is 15.1. The lowest BCUT2D eigenvalue weighted by molar-refractivity contribution is 0.147. The number of anilines is 2. The lowest BCUT2D eigenvalue weighted by Gasteiger charge is -2.28. The molecule has 0 spiro atoms. The van der Waals surface area contributed by atoms with Crippen molar-refractivity contribution in [3.05, 3.63) is 35.9 Å². The smallest absolute Gasteiger partial charge is 0.358 e. The number of benzene rings is 1. The average molecular weight is 296 g/mol. The highest BCUT2D eigenvalue weighted by atomic mass is 31.2. The van der Waals surface area contributed by atoms with E-state index < -0.39 is 7.60 Å². The normalized spacial score (nSPS) is 14.6. The van der Waals surface area contributed by atoms with E-state index in [9.17, 15) is 4.57 Å². The van der Waals surface area contributed by atoms with Gasteiger partial charge in [-0.05, 0) is 39.8 Å². The van der Waals surface area contributed by atoms with Crippen LogP contribution in [0.1, 0.15) is 27.7 Å². The third-order valence-electron chi connectivity index (χ3n) is 2.55. The summed E-state index contributed by atoms with van der Waals surface area (Å²) in [6, 6.07) is 7.69. The fourth-order valence-electron chi connectivity index (χ4n) is 1.88. The number of hydrogen-bond donors (Lipinski definition) is 2. The predicted octanol–water partition coefficient (Wildman–Crippen LogP) is 4.37. The molecule has 0 atom stereocenters. The highest BCUT2D eigenvalue weighted by Crippen LogP contribution is 2.58. The minimum absolute atomic E-state index is 0.195. The number of fused-ring (bicyclic) bond motifs is 1. The summed E-state index contributed by atoms with van der Waals surface area (Å²) in [5, 5.41) is 6.24. The van der Waals surface area contributed by atoms with E-state index in [-0.39, 0.29) is 12.2 Å². The van der Waals surface area contributed by atoms with Gasteiger partial charge in [0.15, 0.2) is 0 Å². The first-order valence-electron chi connectivity index (χ1n) is 6.71. The fraction of sp³-hybridized carbons (Fsp3) is 0.429. The Morgan fingerprint density at radius 3 is 2.10 bits per heavy atom. The number of rotatable bonds is 5. The molecule has 0 radical (unpaired) electrons. The molecule has 0 aromatic heterocycles. The number of nitrogens with one attached hydrogen (secondary N) is 2. The first-order chi connectivity index (χ1) is 9.40. The average Bonchev–Trinajstić information content (AvgIpc) is 2.36. The van der Waals surface area contributed by atoms with E-state index in [2.05, 4.69) is 10.6 Å². The van der Waals surface area contributed by atoms with Gasteiger partial charge in [0.1, 0.15) is 5.44 Å². The standard InChI is InChI=1S/C14H21N2O3P/c1-10(2)18-20(17,19-11(3)4)14-9-15-12-7-5-6-8-13(12)16-14/h5-11,15-16H,1-4H3. The summed E-state index contributed by atoms with van der Waals surface area (Å²) in [5.41, 5.74) is 2.21. The molecule has 0 saturated heterocycles. The maximum atomic E-state index is 13.0. The van der Waals surface area contributed by atoms with E-state index in [0.717, 1.165) is 11.4 Å². The zero-order chi connectivity index (χ0) is 14.8. The van der Waals surface area contributed by atoms with Gasteiger partial charge in [-0.25, -0.2) is 0 Å². The molecular formula is C14H21N2O3P. The van der Waals surface area contributed by atoms with Crippen molar-refractivity contribution in [2.24, 2.45) is 0 Å². The van der Waals surface area contributed by atoms with Gasteiger partial charge in [0.05, 0.1) is 23.6 Å². The molecule has 1 heterocycles. The Labute approximate surface area is 119 Å². The van der Waals surface area contributed by atoms with Crippen molar-refractivity contribution in [3.8, 4) is 0 Å². The van der Waals surface area contributed by atoms with Gasteiger partial charge in [-0.2, -0.15) is 0 Å². The van der Waals surface area contributed by atoms with E-state index in [1.54, 1.807) is 6.20 Å². The molecule has 2 N–H and O–H groups in total. The maximum Gasteiger partial charge on any atom is 0.379 e. The quantitative estimate of drug-likeness (QED) is 0.790. The van der Waals surface area contributed by atoms with E-state index in [1.165, 1.54) is 0 Å². The van der Waals surface area contributed by atoms with E-state index in [1.807, 2.05) is 52.0 Å². The molecule has 20 heavy (non-hydrogen) atoms. The van der Waals surface area contributed by atoms with E-state index in [4.69, 9.17) is 9.05 Å². The van der Waals surface area contributed by atoms with Gasteiger partial charge >= 0.3 is 7.60 Å². The zero-order valence-electron chi connectivity index (χ0n) is 12.2. The van der Waals surface area contributed by atoms with Gasteiger partial charge < -0.3 is 19.7 Å². The molecule has 1 aromatic rings. The molecule has 1 aliphatic heterocycles. The first-order valence-corrected chi connectivity index (χ1v) is 8.25. The molecule has 6 heteroatoms. The molecule has 0 unspecified atom stereocenters. The molecule has 1 aliphatic rings. The fourth-order valence-corrected chi connectivity index (χ4v) is 3.75. The van der Waals surface area contributed by atoms with Gasteiger partial charge in [0.25, 0.3) is 0 Å². The maximum absolute atomic E-state index is 13.0. The second kappa shape index (κ2) is 6.00. The molecule has 0 bridgehead atoms. The second-order valence-corrected chi connectivity index (χ2v) is 7.05. The lowest BCUT2D eigenvalue weighted by atomic mass is 10.2. The zero-order valence-corrected chi connectivity index (χ0v) is 13.1. The summed E-state index contributed by atoms with van der Waals surface area (Å²) < 4.78 is 24.1. The van der Waals surface area contributed by atoms with Gasteiger partial charge in [0, 0.05) is 6.20 Å². The summed E-state index contributed by atoms with van der Waals surface area (Å²) in [6.07, 6.45) is 1.26.